The van der Waals surface area contributed by atoms with Crippen LogP contribution in [0.3, 0.4) is 0 Å². The Morgan fingerprint density at radius 2 is 1.79 bits per heavy atom. The summed E-state index contributed by atoms with van der Waals surface area (Å²) in [4.78, 5) is 27.4. The van der Waals surface area contributed by atoms with Gasteiger partial charge in [0, 0.05) is 19.2 Å². The van der Waals surface area contributed by atoms with Crippen LogP contribution in [-0.4, -0.2) is 41.0 Å². The van der Waals surface area contributed by atoms with Gasteiger partial charge in [-0.3, -0.25) is 9.59 Å². The molecule has 1 aliphatic rings. The lowest BCUT2D eigenvalue weighted by atomic mass is 10.1. The highest BCUT2D eigenvalue weighted by atomic mass is 19.4. The zero-order valence-electron chi connectivity index (χ0n) is 18.1. The van der Waals surface area contributed by atoms with E-state index in [1.807, 2.05) is 4.90 Å². The number of carbonyl (C=O) groups excluding carboxylic acids is 1. The Bertz CT molecular complexity index is 1280. The molecule has 4 rings (SSSR count). The van der Waals surface area contributed by atoms with Crippen molar-refractivity contribution in [3.63, 3.8) is 0 Å². The molecule has 8 nitrogen and oxygen atoms in total. The van der Waals surface area contributed by atoms with Gasteiger partial charge < -0.3 is 20.1 Å². The van der Waals surface area contributed by atoms with E-state index in [9.17, 15) is 27.9 Å². The number of amides is 1. The number of ether oxygens (including phenoxy) is 1. The molecule has 0 saturated carbocycles. The van der Waals surface area contributed by atoms with E-state index < -0.39 is 34.6 Å². The van der Waals surface area contributed by atoms with Crippen LogP contribution >= 0.6 is 0 Å². The molecule has 0 unspecified atom stereocenters. The number of hydrogen-bond donors (Lipinski definition) is 2. The highest BCUT2D eigenvalue weighted by Gasteiger charge is 2.32. The monoisotopic (exact) mass is 474 g/mol. The van der Waals surface area contributed by atoms with E-state index in [0.29, 0.717) is 24.5 Å². The maximum Gasteiger partial charge on any atom is 0.416 e. The van der Waals surface area contributed by atoms with Crippen LogP contribution in [0.1, 0.15) is 28.9 Å². The first-order chi connectivity index (χ1) is 16.2. The Morgan fingerprint density at radius 1 is 1.09 bits per heavy atom. The second-order valence-electron chi connectivity index (χ2n) is 7.68. The van der Waals surface area contributed by atoms with Crippen molar-refractivity contribution in [1.82, 2.24) is 9.78 Å². The molecule has 0 atom stereocenters. The molecule has 1 saturated heterocycles. The van der Waals surface area contributed by atoms with Gasteiger partial charge in [0.15, 0.2) is 11.4 Å². The highest BCUT2D eigenvalue weighted by molar-refractivity contribution is 6.06. The lowest BCUT2D eigenvalue weighted by Crippen LogP contribution is -2.26. The number of aromatic nitrogens is 2. The number of benzene rings is 2. The summed E-state index contributed by atoms with van der Waals surface area (Å²) in [7, 11) is 1.39. The minimum absolute atomic E-state index is 0.0713. The van der Waals surface area contributed by atoms with Gasteiger partial charge in [0.2, 0.25) is 0 Å². The number of carbonyl (C=O) groups is 1. The maximum atomic E-state index is 13.3. The highest BCUT2D eigenvalue weighted by Crippen LogP contribution is 2.37. The standard InChI is InChI=1S/C23H21F3N4O4/c1-34-19-7-3-2-6-17(19)30-20(32)13-18(31)21(28-30)22(33)27-15-12-14(23(24,25)26)8-9-16(15)29-10-4-5-11-29/h2-3,6-9,12-13,31H,4-5,10-11H2,1H3,(H,27,33). The first-order valence-electron chi connectivity index (χ1n) is 10.4. The van der Waals surface area contributed by atoms with Gasteiger partial charge in [0.05, 0.1) is 24.0 Å². The van der Waals surface area contributed by atoms with Crippen LogP contribution in [0.25, 0.3) is 5.69 Å². The molecule has 11 heteroatoms. The molecule has 2 aromatic carbocycles. The lowest BCUT2D eigenvalue weighted by molar-refractivity contribution is -0.137. The van der Waals surface area contributed by atoms with E-state index in [1.165, 1.54) is 19.2 Å². The van der Waals surface area contributed by atoms with Crippen LogP contribution in [-0.2, 0) is 6.18 Å². The van der Waals surface area contributed by atoms with Crippen molar-refractivity contribution in [3.8, 4) is 17.2 Å². The molecule has 0 aliphatic carbocycles. The van der Waals surface area contributed by atoms with Crippen LogP contribution in [0.2, 0.25) is 0 Å². The number of nitrogens with zero attached hydrogens (tertiary/aromatic N) is 3. The first kappa shape index (κ1) is 23.1. The summed E-state index contributed by atoms with van der Waals surface area (Å²) < 4.78 is 46.1. The second-order valence-corrected chi connectivity index (χ2v) is 7.68. The van der Waals surface area contributed by atoms with E-state index in [0.717, 1.165) is 35.7 Å². The third kappa shape index (κ3) is 4.54. The molecule has 1 aromatic heterocycles. The van der Waals surface area contributed by atoms with Crippen LogP contribution < -0.4 is 20.5 Å². The molecule has 0 spiro atoms. The average Bonchev–Trinajstić information content (AvgIpc) is 3.33. The normalized spacial score (nSPS) is 13.7. The number of nitrogens with one attached hydrogen (secondary N) is 1. The van der Waals surface area contributed by atoms with Crippen molar-refractivity contribution in [3.05, 3.63) is 70.1 Å². The van der Waals surface area contributed by atoms with Crippen LogP contribution in [0.5, 0.6) is 11.5 Å². The first-order valence-corrected chi connectivity index (χ1v) is 10.4. The zero-order chi connectivity index (χ0) is 24.5. The molecule has 3 aromatic rings. The number of methoxy groups -OCH3 is 1. The van der Waals surface area contributed by atoms with E-state index in [2.05, 4.69) is 10.4 Å². The fraction of sp³-hybridized carbons (Fsp3) is 0.261. The third-order valence-electron chi connectivity index (χ3n) is 5.46. The number of halogens is 3. The number of para-hydroxylation sites is 2. The molecule has 34 heavy (non-hydrogen) atoms. The van der Waals surface area contributed by atoms with Crippen molar-refractivity contribution in [2.24, 2.45) is 0 Å². The van der Waals surface area contributed by atoms with E-state index >= 15 is 0 Å². The molecule has 2 heterocycles. The molecule has 1 amide bonds. The summed E-state index contributed by atoms with van der Waals surface area (Å²) in [6.45, 7) is 1.27. The van der Waals surface area contributed by atoms with Crippen LogP contribution in [0, 0.1) is 0 Å². The molecule has 1 aliphatic heterocycles. The predicted octanol–water partition coefficient (Wildman–Crippen LogP) is 3.82. The van der Waals surface area contributed by atoms with E-state index in [1.54, 1.807) is 18.2 Å². The summed E-state index contributed by atoms with van der Waals surface area (Å²) >= 11 is 0. The Kier molecular flexibility index (Phi) is 6.18. The van der Waals surface area contributed by atoms with Gasteiger partial charge in [-0.1, -0.05) is 12.1 Å². The van der Waals surface area contributed by atoms with Crippen LogP contribution in [0.4, 0.5) is 24.5 Å². The van der Waals surface area contributed by atoms with E-state index in [4.69, 9.17) is 4.74 Å². The zero-order valence-corrected chi connectivity index (χ0v) is 18.1. The van der Waals surface area contributed by atoms with Crippen molar-refractivity contribution >= 4 is 17.3 Å². The summed E-state index contributed by atoms with van der Waals surface area (Å²) in [5, 5.41) is 16.6. The molecular weight excluding hydrogens is 453 g/mol. The topological polar surface area (TPSA) is 96.7 Å². The molecular formula is C23H21F3N4O4. The Morgan fingerprint density at radius 3 is 2.47 bits per heavy atom. The minimum Gasteiger partial charge on any atom is -0.505 e. The van der Waals surface area contributed by atoms with Gasteiger partial charge in [-0.25, -0.2) is 0 Å². The molecule has 0 radical (unpaired) electrons. The van der Waals surface area contributed by atoms with Crippen LogP contribution in [0.15, 0.2) is 53.3 Å². The Hall–Kier alpha value is -4.02. The fourth-order valence-corrected chi connectivity index (χ4v) is 3.81. The molecule has 178 valence electrons. The van der Waals surface area contributed by atoms with Crippen molar-refractivity contribution in [2.45, 2.75) is 19.0 Å². The van der Waals surface area contributed by atoms with Gasteiger partial charge in [-0.15, -0.1) is 0 Å². The minimum atomic E-state index is -4.61. The third-order valence-corrected chi connectivity index (χ3v) is 5.46. The SMILES string of the molecule is COc1ccccc1-n1nc(C(=O)Nc2cc(C(F)(F)F)ccc2N2CCCC2)c(O)cc1=O. The van der Waals surface area contributed by atoms with Gasteiger partial charge in [-0.05, 0) is 43.2 Å². The predicted molar refractivity (Wildman–Crippen MR) is 119 cm³/mol. The largest absolute Gasteiger partial charge is 0.505 e. The Balaban J connectivity index is 1.75. The van der Waals surface area contributed by atoms with Gasteiger partial charge in [0.25, 0.3) is 11.5 Å². The van der Waals surface area contributed by atoms with Gasteiger partial charge in [-0.2, -0.15) is 23.0 Å². The quantitative estimate of drug-likeness (QED) is 0.584. The second kappa shape index (κ2) is 9.08. The fourth-order valence-electron chi connectivity index (χ4n) is 3.81. The summed E-state index contributed by atoms with van der Waals surface area (Å²) in [5.74, 6) is -1.38. The van der Waals surface area contributed by atoms with E-state index in [-0.39, 0.29) is 11.4 Å². The van der Waals surface area contributed by atoms with Gasteiger partial charge in [0.1, 0.15) is 11.4 Å². The number of aromatic hydroxyl groups is 1. The van der Waals surface area contributed by atoms with Gasteiger partial charge >= 0.3 is 6.18 Å². The number of alkyl halides is 3. The number of anilines is 2. The molecule has 1 fully saturated rings. The summed E-state index contributed by atoms with van der Waals surface area (Å²) in [5.41, 5.74) is -1.61. The number of hydrogen-bond acceptors (Lipinski definition) is 6. The summed E-state index contributed by atoms with van der Waals surface area (Å²) in [6, 6.07) is 10.3. The van der Waals surface area contributed by atoms with Crippen molar-refractivity contribution in [1.29, 1.82) is 0 Å². The summed E-state index contributed by atoms with van der Waals surface area (Å²) in [6.07, 6.45) is -2.86. The molecule has 0 bridgehead atoms. The van der Waals surface area contributed by atoms with Crippen molar-refractivity contribution < 1.29 is 27.8 Å². The smallest absolute Gasteiger partial charge is 0.416 e. The molecule has 2 N–H and O–H groups in total. The maximum absolute atomic E-state index is 13.3. The lowest BCUT2D eigenvalue weighted by Gasteiger charge is -2.23. The number of rotatable bonds is 5. The average molecular weight is 474 g/mol. The Labute approximate surface area is 192 Å². The van der Waals surface area contributed by atoms with Crippen molar-refractivity contribution in [2.75, 3.05) is 30.4 Å².